The molecule has 1 aliphatic heterocycles. The van der Waals surface area contributed by atoms with Crippen LogP contribution in [0.15, 0.2) is 34.7 Å². The fourth-order valence-electron chi connectivity index (χ4n) is 3.39. The topological polar surface area (TPSA) is 63.0 Å². The van der Waals surface area contributed by atoms with Crippen molar-refractivity contribution >= 4 is 17.5 Å². The van der Waals surface area contributed by atoms with E-state index in [2.05, 4.69) is 0 Å². The average Bonchev–Trinajstić information content (AvgIpc) is 3.00. The van der Waals surface area contributed by atoms with E-state index in [9.17, 15) is 9.59 Å². The number of aryl methyl sites for hydroxylation is 2. The molecular formula is C20H24N2O4. The maximum absolute atomic E-state index is 13.1. The normalized spacial score (nSPS) is 18.2. The average molecular weight is 356 g/mol. The largest absolute Gasteiger partial charge is 0.466 e. The molecule has 6 nitrogen and oxygen atoms in total. The highest BCUT2D eigenvalue weighted by molar-refractivity contribution is 5.97. The van der Waals surface area contributed by atoms with E-state index in [-0.39, 0.29) is 24.3 Å². The molecule has 2 amide bonds. The number of amides is 2. The SMILES string of the molecule is COC1CN(C(=O)c2cc(C)oc2C)CCC(=O)N(C)c2ccccc21. The van der Waals surface area contributed by atoms with Gasteiger partial charge in [0.15, 0.2) is 0 Å². The number of rotatable bonds is 2. The molecule has 0 fully saturated rings. The first-order valence-electron chi connectivity index (χ1n) is 8.67. The van der Waals surface area contributed by atoms with Crippen LogP contribution in [0.2, 0.25) is 0 Å². The van der Waals surface area contributed by atoms with Crippen LogP contribution < -0.4 is 4.90 Å². The highest BCUT2D eigenvalue weighted by Gasteiger charge is 2.29. The number of carbonyl (C=O) groups is 2. The number of nitrogens with zero attached hydrogens (tertiary/aromatic N) is 2. The molecule has 1 aliphatic rings. The monoisotopic (exact) mass is 356 g/mol. The van der Waals surface area contributed by atoms with Crippen LogP contribution in [0.5, 0.6) is 0 Å². The molecule has 0 bridgehead atoms. The zero-order chi connectivity index (χ0) is 18.8. The van der Waals surface area contributed by atoms with Crippen LogP contribution >= 0.6 is 0 Å². The van der Waals surface area contributed by atoms with Crippen molar-refractivity contribution in [3.63, 3.8) is 0 Å². The zero-order valence-corrected chi connectivity index (χ0v) is 15.6. The summed E-state index contributed by atoms with van der Waals surface area (Å²) in [5, 5.41) is 0. The number of fused-ring (bicyclic) bond motifs is 1. The molecule has 0 aliphatic carbocycles. The van der Waals surface area contributed by atoms with Gasteiger partial charge in [-0.25, -0.2) is 0 Å². The maximum atomic E-state index is 13.1. The molecule has 1 aromatic heterocycles. The highest BCUT2D eigenvalue weighted by atomic mass is 16.5. The second-order valence-electron chi connectivity index (χ2n) is 6.56. The molecule has 6 heteroatoms. The Hall–Kier alpha value is -2.60. The Kier molecular flexibility index (Phi) is 5.13. The summed E-state index contributed by atoms with van der Waals surface area (Å²) in [4.78, 5) is 29.0. The zero-order valence-electron chi connectivity index (χ0n) is 15.6. The molecule has 1 atom stereocenters. The summed E-state index contributed by atoms with van der Waals surface area (Å²) in [5.74, 6) is 1.10. The Labute approximate surface area is 153 Å². The Bertz CT molecular complexity index is 827. The van der Waals surface area contributed by atoms with Crippen LogP contribution in [0, 0.1) is 13.8 Å². The lowest BCUT2D eigenvalue weighted by Crippen LogP contribution is -2.37. The molecule has 2 heterocycles. The van der Waals surface area contributed by atoms with Crippen molar-refractivity contribution in [2.45, 2.75) is 26.4 Å². The number of hydrogen-bond donors (Lipinski definition) is 0. The second-order valence-corrected chi connectivity index (χ2v) is 6.56. The Morgan fingerprint density at radius 1 is 1.27 bits per heavy atom. The van der Waals surface area contributed by atoms with Crippen molar-refractivity contribution in [2.75, 3.05) is 32.1 Å². The predicted molar refractivity (Wildman–Crippen MR) is 98.3 cm³/mol. The number of benzene rings is 1. The van der Waals surface area contributed by atoms with E-state index in [1.807, 2.05) is 31.2 Å². The lowest BCUT2D eigenvalue weighted by Gasteiger charge is -2.27. The van der Waals surface area contributed by atoms with Gasteiger partial charge in [-0.3, -0.25) is 9.59 Å². The number of anilines is 1. The van der Waals surface area contributed by atoms with E-state index < -0.39 is 0 Å². The van der Waals surface area contributed by atoms with Crippen LogP contribution in [-0.4, -0.2) is 44.0 Å². The van der Waals surface area contributed by atoms with Crippen molar-refractivity contribution in [1.82, 2.24) is 4.90 Å². The smallest absolute Gasteiger partial charge is 0.257 e. The van der Waals surface area contributed by atoms with Crippen molar-refractivity contribution < 1.29 is 18.7 Å². The van der Waals surface area contributed by atoms with Crippen LogP contribution in [0.4, 0.5) is 5.69 Å². The summed E-state index contributed by atoms with van der Waals surface area (Å²) in [6.45, 7) is 4.30. The van der Waals surface area contributed by atoms with Gasteiger partial charge in [0, 0.05) is 38.4 Å². The van der Waals surface area contributed by atoms with Gasteiger partial charge in [-0.05, 0) is 26.0 Å². The maximum Gasteiger partial charge on any atom is 0.257 e. The number of carbonyl (C=O) groups excluding carboxylic acids is 2. The lowest BCUT2D eigenvalue weighted by molar-refractivity contribution is -0.118. The molecule has 138 valence electrons. The molecule has 1 unspecified atom stereocenters. The van der Waals surface area contributed by atoms with Gasteiger partial charge in [0.1, 0.15) is 17.6 Å². The molecular weight excluding hydrogens is 332 g/mol. The van der Waals surface area contributed by atoms with Gasteiger partial charge in [-0.1, -0.05) is 18.2 Å². The molecule has 26 heavy (non-hydrogen) atoms. The van der Waals surface area contributed by atoms with Crippen LogP contribution in [0.1, 0.15) is 40.0 Å². The number of hydrogen-bond acceptors (Lipinski definition) is 4. The van der Waals surface area contributed by atoms with Gasteiger partial charge in [0.2, 0.25) is 5.91 Å². The third kappa shape index (κ3) is 3.37. The summed E-state index contributed by atoms with van der Waals surface area (Å²) in [6, 6.07) is 9.40. The predicted octanol–water partition coefficient (Wildman–Crippen LogP) is 3.09. The van der Waals surface area contributed by atoms with E-state index in [1.165, 1.54) is 0 Å². The summed E-state index contributed by atoms with van der Waals surface area (Å²) in [7, 11) is 3.38. The van der Waals surface area contributed by atoms with Crippen molar-refractivity contribution in [3.05, 3.63) is 53.0 Å². The molecule has 0 N–H and O–H groups in total. The van der Waals surface area contributed by atoms with E-state index in [0.29, 0.717) is 30.2 Å². The molecule has 2 aromatic rings. The van der Waals surface area contributed by atoms with Crippen LogP contribution in [0.3, 0.4) is 0 Å². The minimum Gasteiger partial charge on any atom is -0.466 e. The second kappa shape index (κ2) is 7.33. The first-order chi connectivity index (χ1) is 12.4. The first-order valence-corrected chi connectivity index (χ1v) is 8.67. The molecule has 0 radical (unpaired) electrons. The number of furan rings is 1. The van der Waals surface area contributed by atoms with Crippen LogP contribution in [0.25, 0.3) is 0 Å². The van der Waals surface area contributed by atoms with Gasteiger partial charge < -0.3 is 19.0 Å². The van der Waals surface area contributed by atoms with Gasteiger partial charge >= 0.3 is 0 Å². The van der Waals surface area contributed by atoms with Gasteiger partial charge in [-0.2, -0.15) is 0 Å². The van der Waals surface area contributed by atoms with Gasteiger partial charge in [0.25, 0.3) is 5.91 Å². The van der Waals surface area contributed by atoms with E-state index in [1.54, 1.807) is 36.9 Å². The standard InChI is InChI=1S/C20H24N2O4/c1-13-11-16(14(2)26-13)20(24)22-10-9-19(23)21(3)17-8-6-5-7-15(17)18(12-22)25-4/h5-8,11,18H,9-10,12H2,1-4H3. The molecule has 0 saturated heterocycles. The van der Waals surface area contributed by atoms with E-state index >= 15 is 0 Å². The van der Waals surface area contributed by atoms with E-state index in [0.717, 1.165) is 11.3 Å². The lowest BCUT2D eigenvalue weighted by atomic mass is 10.1. The Morgan fingerprint density at radius 3 is 2.65 bits per heavy atom. The fraction of sp³-hybridized carbons (Fsp3) is 0.400. The van der Waals surface area contributed by atoms with Crippen LogP contribution in [-0.2, 0) is 9.53 Å². The number of methoxy groups -OCH3 is 1. The van der Waals surface area contributed by atoms with E-state index in [4.69, 9.17) is 9.15 Å². The molecule has 3 rings (SSSR count). The minimum atomic E-state index is -0.322. The third-order valence-corrected chi connectivity index (χ3v) is 4.84. The quantitative estimate of drug-likeness (QED) is 0.829. The summed E-state index contributed by atoms with van der Waals surface area (Å²) >= 11 is 0. The van der Waals surface area contributed by atoms with Crippen molar-refractivity contribution in [3.8, 4) is 0 Å². The number of para-hydroxylation sites is 1. The Balaban J connectivity index is 1.98. The fourth-order valence-corrected chi connectivity index (χ4v) is 3.39. The third-order valence-electron chi connectivity index (χ3n) is 4.84. The summed E-state index contributed by atoms with van der Waals surface area (Å²) in [5.41, 5.74) is 2.24. The highest BCUT2D eigenvalue weighted by Crippen LogP contribution is 2.31. The van der Waals surface area contributed by atoms with Crippen molar-refractivity contribution in [1.29, 1.82) is 0 Å². The van der Waals surface area contributed by atoms with Crippen molar-refractivity contribution in [2.24, 2.45) is 0 Å². The van der Waals surface area contributed by atoms with Gasteiger partial charge in [0.05, 0.1) is 12.1 Å². The molecule has 1 aromatic carbocycles. The minimum absolute atomic E-state index is 0.0351. The van der Waals surface area contributed by atoms with Gasteiger partial charge in [-0.15, -0.1) is 0 Å². The summed E-state index contributed by atoms with van der Waals surface area (Å²) < 4.78 is 11.2. The number of ether oxygens (including phenoxy) is 1. The molecule has 0 saturated carbocycles. The summed E-state index contributed by atoms with van der Waals surface area (Å²) in [6.07, 6.45) is -0.0695. The molecule has 0 spiro atoms. The Morgan fingerprint density at radius 2 is 2.00 bits per heavy atom. The first kappa shape index (κ1) is 18.2.